The lowest BCUT2D eigenvalue weighted by Gasteiger charge is -2.09. The normalized spacial score (nSPS) is 10.3. The lowest BCUT2D eigenvalue weighted by molar-refractivity contribution is 0.102. The summed E-state index contributed by atoms with van der Waals surface area (Å²) < 4.78 is 26.4. The van der Waals surface area contributed by atoms with E-state index in [0.717, 1.165) is 6.07 Å². The fourth-order valence-electron chi connectivity index (χ4n) is 1.52. The van der Waals surface area contributed by atoms with Crippen LogP contribution in [0.15, 0.2) is 36.4 Å². The molecule has 1 amide bonds. The molecule has 0 fully saturated rings. The number of carbonyl (C=O) groups excluding carboxylic acids is 1. The van der Waals surface area contributed by atoms with Gasteiger partial charge >= 0.3 is 0 Å². The van der Waals surface area contributed by atoms with Gasteiger partial charge in [-0.25, -0.2) is 8.78 Å². The first-order chi connectivity index (χ1) is 8.99. The van der Waals surface area contributed by atoms with Crippen LogP contribution in [0.4, 0.5) is 20.2 Å². The van der Waals surface area contributed by atoms with Crippen LogP contribution in [0.3, 0.4) is 0 Å². The highest BCUT2D eigenvalue weighted by atomic mass is 35.5. The maximum Gasteiger partial charge on any atom is 0.257 e. The van der Waals surface area contributed by atoms with Crippen molar-refractivity contribution in [2.45, 2.75) is 0 Å². The number of nitrogens with one attached hydrogen (secondary N) is 1. The van der Waals surface area contributed by atoms with Crippen LogP contribution in [0.5, 0.6) is 0 Å². The zero-order chi connectivity index (χ0) is 14.0. The first-order valence-corrected chi connectivity index (χ1v) is 5.67. The summed E-state index contributed by atoms with van der Waals surface area (Å²) >= 11 is 5.75. The Balaban J connectivity index is 2.31. The molecule has 98 valence electrons. The lowest BCUT2D eigenvalue weighted by Crippen LogP contribution is -2.15. The Kier molecular flexibility index (Phi) is 3.66. The van der Waals surface area contributed by atoms with Crippen LogP contribution < -0.4 is 11.1 Å². The van der Waals surface area contributed by atoms with Gasteiger partial charge in [0.2, 0.25) is 0 Å². The van der Waals surface area contributed by atoms with Gasteiger partial charge in [0.05, 0.1) is 11.3 Å². The molecule has 2 aromatic carbocycles. The number of rotatable bonds is 2. The summed E-state index contributed by atoms with van der Waals surface area (Å²) in [7, 11) is 0. The molecule has 2 rings (SSSR count). The molecule has 0 saturated carbocycles. The predicted molar refractivity (Wildman–Crippen MR) is 70.2 cm³/mol. The summed E-state index contributed by atoms with van der Waals surface area (Å²) in [5.74, 6) is -2.84. The number of carbonyl (C=O) groups is 1. The molecule has 0 aliphatic carbocycles. The predicted octanol–water partition coefficient (Wildman–Crippen LogP) is 3.45. The highest BCUT2D eigenvalue weighted by molar-refractivity contribution is 6.31. The second kappa shape index (κ2) is 5.24. The van der Waals surface area contributed by atoms with Crippen molar-refractivity contribution in [1.82, 2.24) is 0 Å². The minimum atomic E-state index is -1.13. The zero-order valence-electron chi connectivity index (χ0n) is 9.58. The molecule has 19 heavy (non-hydrogen) atoms. The Morgan fingerprint density at radius 2 is 1.95 bits per heavy atom. The molecular weight excluding hydrogens is 274 g/mol. The SMILES string of the molecule is Nc1ccc(Cl)cc1C(=O)Nc1cccc(F)c1F. The number of nitrogen functional groups attached to an aromatic ring is 1. The number of hydrogen-bond acceptors (Lipinski definition) is 2. The number of hydrogen-bond donors (Lipinski definition) is 2. The average molecular weight is 283 g/mol. The Labute approximate surface area is 113 Å². The van der Waals surface area contributed by atoms with Gasteiger partial charge in [-0.15, -0.1) is 0 Å². The molecular formula is C13H9ClF2N2O. The van der Waals surface area contributed by atoms with Crippen molar-refractivity contribution in [1.29, 1.82) is 0 Å². The summed E-state index contributed by atoms with van der Waals surface area (Å²) in [5.41, 5.74) is 5.65. The largest absolute Gasteiger partial charge is 0.398 e. The second-order valence-corrected chi connectivity index (χ2v) is 4.22. The number of halogens is 3. The van der Waals surface area contributed by atoms with Gasteiger partial charge in [0.1, 0.15) is 0 Å². The molecule has 6 heteroatoms. The highest BCUT2D eigenvalue weighted by Gasteiger charge is 2.14. The van der Waals surface area contributed by atoms with Crippen molar-refractivity contribution < 1.29 is 13.6 Å². The molecule has 0 aliphatic heterocycles. The monoisotopic (exact) mass is 282 g/mol. The third-order valence-electron chi connectivity index (χ3n) is 2.46. The average Bonchev–Trinajstić information content (AvgIpc) is 2.38. The smallest absolute Gasteiger partial charge is 0.257 e. The van der Waals surface area contributed by atoms with Crippen molar-refractivity contribution in [3.63, 3.8) is 0 Å². The van der Waals surface area contributed by atoms with Crippen LogP contribution in [-0.2, 0) is 0 Å². The molecule has 0 spiro atoms. The topological polar surface area (TPSA) is 55.1 Å². The van der Waals surface area contributed by atoms with E-state index in [-0.39, 0.29) is 16.9 Å². The first kappa shape index (κ1) is 13.3. The number of anilines is 2. The molecule has 0 bridgehead atoms. The molecule has 3 N–H and O–H groups in total. The molecule has 0 radical (unpaired) electrons. The van der Waals surface area contributed by atoms with Gasteiger partial charge in [-0.2, -0.15) is 0 Å². The summed E-state index contributed by atoms with van der Waals surface area (Å²) in [5, 5.41) is 2.56. The van der Waals surface area contributed by atoms with Gasteiger partial charge < -0.3 is 11.1 Å². The van der Waals surface area contributed by atoms with E-state index >= 15 is 0 Å². The highest BCUT2D eigenvalue weighted by Crippen LogP contribution is 2.21. The van der Waals surface area contributed by atoms with Gasteiger partial charge in [0.15, 0.2) is 11.6 Å². The third kappa shape index (κ3) is 2.82. The van der Waals surface area contributed by atoms with E-state index in [1.165, 1.54) is 30.3 Å². The Bertz CT molecular complexity index is 647. The third-order valence-corrected chi connectivity index (χ3v) is 2.69. The summed E-state index contributed by atoms with van der Waals surface area (Å²) in [6.45, 7) is 0. The number of benzene rings is 2. The van der Waals surface area contributed by atoms with E-state index in [1.807, 2.05) is 0 Å². The maximum atomic E-state index is 13.4. The molecule has 0 aliphatic rings. The fourth-order valence-corrected chi connectivity index (χ4v) is 1.69. The van der Waals surface area contributed by atoms with Crippen molar-refractivity contribution in [2.24, 2.45) is 0 Å². The maximum absolute atomic E-state index is 13.4. The van der Waals surface area contributed by atoms with Crippen LogP contribution in [-0.4, -0.2) is 5.91 Å². The van der Waals surface area contributed by atoms with Gasteiger partial charge in [0.25, 0.3) is 5.91 Å². The molecule has 0 atom stereocenters. The minimum absolute atomic E-state index is 0.0937. The van der Waals surface area contributed by atoms with Gasteiger partial charge in [0, 0.05) is 10.7 Å². The zero-order valence-corrected chi connectivity index (χ0v) is 10.3. The molecule has 0 saturated heterocycles. The van der Waals surface area contributed by atoms with E-state index in [0.29, 0.717) is 5.02 Å². The van der Waals surface area contributed by atoms with Crippen molar-refractivity contribution in [3.05, 3.63) is 58.6 Å². The van der Waals surface area contributed by atoms with Crippen molar-refractivity contribution in [3.8, 4) is 0 Å². The second-order valence-electron chi connectivity index (χ2n) is 3.79. The summed E-state index contributed by atoms with van der Waals surface area (Å²) in [4.78, 5) is 11.9. The lowest BCUT2D eigenvalue weighted by atomic mass is 10.1. The Morgan fingerprint density at radius 1 is 1.21 bits per heavy atom. The van der Waals surface area contributed by atoms with Crippen LogP contribution >= 0.6 is 11.6 Å². The molecule has 0 unspecified atom stereocenters. The Hall–Kier alpha value is -2.14. The quantitative estimate of drug-likeness (QED) is 0.829. The number of amides is 1. The van der Waals surface area contributed by atoms with E-state index in [1.54, 1.807) is 0 Å². The van der Waals surface area contributed by atoms with E-state index in [4.69, 9.17) is 17.3 Å². The molecule has 3 nitrogen and oxygen atoms in total. The summed E-state index contributed by atoms with van der Waals surface area (Å²) in [6.07, 6.45) is 0. The van der Waals surface area contributed by atoms with E-state index in [2.05, 4.69) is 5.32 Å². The summed E-state index contributed by atoms with van der Waals surface area (Å²) in [6, 6.07) is 7.82. The standard InChI is InChI=1S/C13H9ClF2N2O/c14-7-4-5-10(17)8(6-7)13(19)18-11-3-1-2-9(15)12(11)16/h1-6H,17H2,(H,18,19). The fraction of sp³-hybridized carbons (Fsp3) is 0. The van der Waals surface area contributed by atoms with Crippen LogP contribution in [0.2, 0.25) is 5.02 Å². The molecule has 2 aromatic rings. The van der Waals surface area contributed by atoms with Crippen LogP contribution in [0.1, 0.15) is 10.4 Å². The van der Waals surface area contributed by atoms with E-state index in [9.17, 15) is 13.6 Å². The van der Waals surface area contributed by atoms with Gasteiger partial charge in [-0.05, 0) is 30.3 Å². The molecule has 0 aromatic heterocycles. The minimum Gasteiger partial charge on any atom is -0.398 e. The van der Waals surface area contributed by atoms with Gasteiger partial charge in [-0.1, -0.05) is 17.7 Å². The Morgan fingerprint density at radius 3 is 2.68 bits per heavy atom. The number of nitrogens with two attached hydrogens (primary N) is 1. The van der Waals surface area contributed by atoms with Crippen molar-refractivity contribution in [2.75, 3.05) is 11.1 Å². The van der Waals surface area contributed by atoms with Crippen LogP contribution in [0.25, 0.3) is 0 Å². The molecule has 0 heterocycles. The van der Waals surface area contributed by atoms with Crippen LogP contribution in [0, 0.1) is 11.6 Å². The van der Waals surface area contributed by atoms with Gasteiger partial charge in [-0.3, -0.25) is 4.79 Å². The first-order valence-electron chi connectivity index (χ1n) is 5.29. The van der Waals surface area contributed by atoms with Crippen molar-refractivity contribution >= 4 is 28.9 Å². The van der Waals surface area contributed by atoms with E-state index < -0.39 is 17.5 Å².